The molecule has 1 radical (unpaired) electrons. The van der Waals surface area contributed by atoms with Crippen LogP contribution >= 0.6 is 0 Å². The molecular formula is C42H71BN17O7. The summed E-state index contributed by atoms with van der Waals surface area (Å²) < 4.78 is 0. The Morgan fingerprint density at radius 3 is 1.39 bits per heavy atom. The van der Waals surface area contributed by atoms with Gasteiger partial charge in [-0.2, -0.15) is 0 Å². The average molecular weight is 937 g/mol. The second kappa shape index (κ2) is 38.3. The van der Waals surface area contributed by atoms with Gasteiger partial charge in [0.15, 0.2) is 43.2 Å². The van der Waals surface area contributed by atoms with Crippen molar-refractivity contribution in [1.29, 1.82) is 0 Å². The lowest BCUT2D eigenvalue weighted by atomic mass is 9.69. The van der Waals surface area contributed by atoms with Crippen molar-refractivity contribution in [3.63, 3.8) is 0 Å². The van der Waals surface area contributed by atoms with Gasteiger partial charge in [0.1, 0.15) is 11.6 Å². The minimum atomic E-state index is -0.583. The molecule has 3 rings (SSSR count). The Balaban J connectivity index is 0.000000504. The minimum absolute atomic E-state index is 0.00742. The molecule has 67 heavy (non-hydrogen) atoms. The molecule has 0 saturated heterocycles. The molecule has 0 bridgehead atoms. The first-order valence-corrected chi connectivity index (χ1v) is 23.0. The number of carbonyl (C=O) groups excluding carboxylic acids is 6. The fraction of sp³-hybridized carbons (Fsp3) is 0.714. The SMILES string of the molecule is CC(=O)C(C[B]C=O)CCC(=O)NCCCCCc1nncnn1.CC(=O)C(N)CCC(=O)NCCCCCc1nncnn1.Cc1nnc(CCCCCNC(=O)CCC(N)C(C)O)nn1. The first-order valence-electron chi connectivity index (χ1n) is 23.0. The second-order valence-electron chi connectivity index (χ2n) is 15.9. The van der Waals surface area contributed by atoms with Crippen LogP contribution in [0.2, 0.25) is 6.32 Å². The van der Waals surface area contributed by atoms with Crippen molar-refractivity contribution in [2.75, 3.05) is 19.6 Å². The molecule has 4 unspecified atom stereocenters. The maximum absolute atomic E-state index is 11.8. The third-order valence-electron chi connectivity index (χ3n) is 10.1. The maximum atomic E-state index is 11.8. The summed E-state index contributed by atoms with van der Waals surface area (Å²) in [6, 6.07) is -0.883. The monoisotopic (exact) mass is 937 g/mol. The number of nitrogens with one attached hydrogen (secondary N) is 3. The Kier molecular flexibility index (Phi) is 33.8. The van der Waals surface area contributed by atoms with Crippen LogP contribution in [0.15, 0.2) is 12.7 Å². The van der Waals surface area contributed by atoms with Gasteiger partial charge < -0.3 is 37.3 Å². The zero-order valence-electron chi connectivity index (χ0n) is 39.6. The van der Waals surface area contributed by atoms with Gasteiger partial charge in [-0.15, -0.1) is 61.2 Å². The molecule has 4 atom stereocenters. The molecule has 3 heterocycles. The summed E-state index contributed by atoms with van der Waals surface area (Å²) in [5, 5.41) is 63.4. The Hall–Kier alpha value is -5.82. The molecule has 25 heteroatoms. The maximum Gasteiger partial charge on any atom is 0.220 e. The van der Waals surface area contributed by atoms with Crippen molar-refractivity contribution >= 4 is 42.8 Å². The van der Waals surface area contributed by atoms with Gasteiger partial charge in [0.25, 0.3) is 0 Å². The van der Waals surface area contributed by atoms with Gasteiger partial charge in [0.2, 0.25) is 17.7 Å². The van der Waals surface area contributed by atoms with Crippen molar-refractivity contribution in [1.82, 2.24) is 77.1 Å². The highest BCUT2D eigenvalue weighted by molar-refractivity contribution is 6.66. The number of carbonyl (C=O) groups is 6. The number of hydrogen-bond donors (Lipinski definition) is 6. The number of rotatable bonds is 33. The summed E-state index contributed by atoms with van der Waals surface area (Å²) in [7, 11) is 1.42. The van der Waals surface area contributed by atoms with Gasteiger partial charge in [-0.3, -0.25) is 24.0 Å². The van der Waals surface area contributed by atoms with E-state index in [0.717, 1.165) is 77.0 Å². The lowest BCUT2D eigenvalue weighted by Crippen LogP contribution is -2.34. The summed E-state index contributed by atoms with van der Waals surface area (Å²) in [5.41, 5.74) is 11.2. The molecule has 3 aromatic rings. The largest absolute Gasteiger partial charge is 0.392 e. The van der Waals surface area contributed by atoms with Gasteiger partial charge in [-0.25, -0.2) is 0 Å². The summed E-state index contributed by atoms with van der Waals surface area (Å²) in [5.74, 6) is 2.01. The molecule has 0 aromatic carbocycles. The van der Waals surface area contributed by atoms with Crippen molar-refractivity contribution < 1.29 is 33.9 Å². The fourth-order valence-electron chi connectivity index (χ4n) is 5.80. The van der Waals surface area contributed by atoms with Crippen LogP contribution in [0.3, 0.4) is 0 Å². The van der Waals surface area contributed by atoms with Crippen LogP contribution in [-0.4, -0.2) is 147 Å². The fourth-order valence-corrected chi connectivity index (χ4v) is 5.80. The Labute approximate surface area is 393 Å². The van der Waals surface area contributed by atoms with Gasteiger partial charge >= 0.3 is 0 Å². The predicted molar refractivity (Wildman–Crippen MR) is 247 cm³/mol. The molecule has 8 N–H and O–H groups in total. The van der Waals surface area contributed by atoms with Crippen LogP contribution in [-0.2, 0) is 48.0 Å². The Bertz CT molecular complexity index is 1810. The predicted octanol–water partition coefficient (Wildman–Crippen LogP) is 0.0781. The molecule has 3 aromatic heterocycles. The van der Waals surface area contributed by atoms with E-state index in [9.17, 15) is 33.9 Å². The topological polar surface area (TPSA) is 365 Å². The molecule has 0 aliphatic carbocycles. The molecule has 0 spiro atoms. The van der Waals surface area contributed by atoms with E-state index in [2.05, 4.69) is 77.1 Å². The second-order valence-corrected chi connectivity index (χ2v) is 15.9. The summed E-state index contributed by atoms with van der Waals surface area (Å²) in [6.07, 6.45) is 15.9. The average Bonchev–Trinajstić information content (AvgIpc) is 3.32. The lowest BCUT2D eigenvalue weighted by molar-refractivity contribution is -0.123. The molecule has 24 nitrogen and oxygen atoms in total. The molecule has 0 saturated carbocycles. The number of aliphatic hydroxyl groups is 1. The molecule has 0 aliphatic rings. The molecule has 0 aliphatic heterocycles. The van der Waals surface area contributed by atoms with E-state index in [0.29, 0.717) is 87.5 Å². The van der Waals surface area contributed by atoms with Crippen LogP contribution in [0.5, 0.6) is 0 Å². The number of aliphatic hydroxyl groups excluding tert-OH is 1. The number of hydrogen-bond acceptors (Lipinski definition) is 21. The normalized spacial score (nSPS) is 12.3. The van der Waals surface area contributed by atoms with E-state index in [4.69, 9.17) is 11.5 Å². The molecule has 369 valence electrons. The van der Waals surface area contributed by atoms with Gasteiger partial charge in [0.05, 0.1) is 18.3 Å². The summed E-state index contributed by atoms with van der Waals surface area (Å²) >= 11 is 0. The van der Waals surface area contributed by atoms with Crippen LogP contribution in [0, 0.1) is 12.8 Å². The van der Waals surface area contributed by atoms with Gasteiger partial charge in [0, 0.05) is 70.1 Å². The zero-order chi connectivity index (χ0) is 49.5. The van der Waals surface area contributed by atoms with Crippen molar-refractivity contribution in [2.45, 2.75) is 168 Å². The van der Waals surface area contributed by atoms with E-state index in [1.54, 1.807) is 13.8 Å². The van der Waals surface area contributed by atoms with Gasteiger partial charge in [-0.05, 0) is 85.5 Å². The van der Waals surface area contributed by atoms with E-state index in [-0.39, 0.29) is 47.7 Å². The molecular weight excluding hydrogens is 865 g/mol. The number of ketones is 2. The minimum Gasteiger partial charge on any atom is -0.392 e. The number of Topliss-reactive ketones (excluding diaryl/α,β-unsaturated/α-hetero) is 2. The third kappa shape index (κ3) is 33.3. The van der Waals surface area contributed by atoms with Gasteiger partial charge in [-0.1, -0.05) is 25.6 Å². The quantitative estimate of drug-likeness (QED) is 0.0267. The van der Waals surface area contributed by atoms with Crippen LogP contribution in [0.1, 0.15) is 140 Å². The molecule has 3 amide bonds. The van der Waals surface area contributed by atoms with Crippen LogP contribution < -0.4 is 27.4 Å². The van der Waals surface area contributed by atoms with E-state index in [1.807, 2.05) is 0 Å². The summed E-state index contributed by atoms with van der Waals surface area (Å²) in [4.78, 5) is 67.5. The Morgan fingerprint density at radius 2 is 1.00 bits per heavy atom. The highest BCUT2D eigenvalue weighted by Crippen LogP contribution is 2.13. The number of amides is 3. The zero-order valence-corrected chi connectivity index (χ0v) is 39.6. The highest BCUT2D eigenvalue weighted by Gasteiger charge is 2.16. The van der Waals surface area contributed by atoms with E-state index >= 15 is 0 Å². The standard InChI is InChI=1S/C15H23BN5O3.C14H26N6O2.C13H22N6O2/c1-12(23)13(9-16-10-22)6-7-15(24)17-8-4-2-3-5-14-20-18-11-19-21-14;1-10(21)12(15)7-8-14(22)16-9-5-3-4-6-13-19-17-11(2)18-20-13;1-10(20)11(14)6-7-13(21)15-8-4-2-3-5-12-18-16-9-17-19-12/h10-11,13H,2-9H2,1H3,(H,17,24);10,12,21H,3-9,15H2,1-2H3,(H,16,22);9,11H,2-8,14H2,1H3,(H,15,21). The van der Waals surface area contributed by atoms with Crippen LogP contribution in [0.25, 0.3) is 0 Å². The van der Waals surface area contributed by atoms with Crippen molar-refractivity contribution in [2.24, 2.45) is 17.4 Å². The number of aromatic nitrogens is 12. The number of aryl methyl sites for hydroxylation is 4. The Morgan fingerprint density at radius 1 is 0.597 bits per heavy atom. The first kappa shape index (κ1) is 59.2. The van der Waals surface area contributed by atoms with E-state index < -0.39 is 12.1 Å². The van der Waals surface area contributed by atoms with Crippen LogP contribution in [0.4, 0.5) is 0 Å². The summed E-state index contributed by atoms with van der Waals surface area (Å²) in [6.45, 7) is 8.18. The molecule has 0 fully saturated rings. The number of nitrogens with two attached hydrogens (primary N) is 2. The smallest absolute Gasteiger partial charge is 0.220 e. The van der Waals surface area contributed by atoms with E-state index in [1.165, 1.54) is 33.8 Å². The number of nitrogens with zero attached hydrogens (tertiary/aromatic N) is 12. The lowest BCUT2D eigenvalue weighted by Gasteiger charge is -2.13. The van der Waals surface area contributed by atoms with Crippen molar-refractivity contribution in [3.8, 4) is 0 Å². The number of unbranched alkanes of at least 4 members (excludes halogenated alkanes) is 6. The third-order valence-corrected chi connectivity index (χ3v) is 10.1. The van der Waals surface area contributed by atoms with Crippen molar-refractivity contribution in [3.05, 3.63) is 36.0 Å². The highest BCUT2D eigenvalue weighted by atomic mass is 16.3. The first-order chi connectivity index (χ1) is 32.2.